The standard InChI is InChI=1S/C31H27ClN2O5S/c1-3-16-39-24-15-11-20(17-25(24)38-4-2)28-27(23(35)14-10-19-8-6-5-7-9-19)29(36)30(37)34(28)31-33-22-13-12-21(32)18-26(22)40-31/h5-15,17-18,28,36H,3-4,16H2,1-2H3. The van der Waals surface area contributed by atoms with E-state index in [-0.39, 0.29) is 5.57 Å². The van der Waals surface area contributed by atoms with Crippen LogP contribution in [0.5, 0.6) is 11.5 Å². The van der Waals surface area contributed by atoms with E-state index in [0.717, 1.165) is 16.7 Å². The van der Waals surface area contributed by atoms with Gasteiger partial charge in [0, 0.05) is 5.02 Å². The lowest BCUT2D eigenvalue weighted by molar-refractivity contribution is -0.117. The largest absolute Gasteiger partial charge is 0.503 e. The summed E-state index contributed by atoms with van der Waals surface area (Å²) in [6.45, 7) is 4.78. The molecule has 1 aromatic heterocycles. The number of benzene rings is 3. The van der Waals surface area contributed by atoms with Crippen molar-refractivity contribution in [3.63, 3.8) is 0 Å². The highest BCUT2D eigenvalue weighted by Gasteiger charge is 2.45. The number of anilines is 1. The van der Waals surface area contributed by atoms with Crippen molar-refractivity contribution in [2.24, 2.45) is 0 Å². The molecule has 0 aliphatic carbocycles. The number of aromatic nitrogens is 1. The predicted octanol–water partition coefficient (Wildman–Crippen LogP) is 7.32. The van der Waals surface area contributed by atoms with Gasteiger partial charge in [0.1, 0.15) is 0 Å². The summed E-state index contributed by atoms with van der Waals surface area (Å²) in [5.74, 6) is -0.779. The zero-order chi connectivity index (χ0) is 28.2. The number of ketones is 1. The van der Waals surface area contributed by atoms with Crippen LogP contribution in [-0.2, 0) is 9.59 Å². The van der Waals surface area contributed by atoms with Crippen molar-refractivity contribution in [1.82, 2.24) is 4.98 Å². The van der Waals surface area contributed by atoms with Gasteiger partial charge in [-0.3, -0.25) is 14.5 Å². The predicted molar refractivity (Wildman–Crippen MR) is 158 cm³/mol. The number of carbonyl (C=O) groups is 2. The summed E-state index contributed by atoms with van der Waals surface area (Å²) in [7, 11) is 0. The minimum atomic E-state index is -0.948. The lowest BCUT2D eigenvalue weighted by Gasteiger charge is -2.25. The third-order valence-corrected chi connectivity index (χ3v) is 7.54. The molecule has 204 valence electrons. The lowest BCUT2D eigenvalue weighted by Crippen LogP contribution is -2.30. The second kappa shape index (κ2) is 11.9. The highest BCUT2D eigenvalue weighted by molar-refractivity contribution is 7.22. The van der Waals surface area contributed by atoms with Crippen molar-refractivity contribution in [1.29, 1.82) is 0 Å². The maximum absolute atomic E-state index is 13.6. The molecule has 3 aromatic carbocycles. The van der Waals surface area contributed by atoms with Crippen LogP contribution in [0, 0.1) is 0 Å². The van der Waals surface area contributed by atoms with Crippen molar-refractivity contribution in [3.8, 4) is 11.5 Å². The summed E-state index contributed by atoms with van der Waals surface area (Å²) in [4.78, 5) is 33.2. The number of nitrogens with zero attached hydrogens (tertiary/aromatic N) is 2. The van der Waals surface area contributed by atoms with Gasteiger partial charge in [-0.2, -0.15) is 0 Å². The van der Waals surface area contributed by atoms with Gasteiger partial charge >= 0.3 is 0 Å². The number of hydrogen-bond acceptors (Lipinski definition) is 7. The van der Waals surface area contributed by atoms with Gasteiger partial charge in [0.15, 0.2) is 28.2 Å². The van der Waals surface area contributed by atoms with E-state index in [9.17, 15) is 14.7 Å². The van der Waals surface area contributed by atoms with Crippen molar-refractivity contribution < 1.29 is 24.2 Å². The molecule has 1 atom stereocenters. The Morgan fingerprint density at radius 3 is 2.62 bits per heavy atom. The molecule has 2 heterocycles. The minimum Gasteiger partial charge on any atom is -0.503 e. The molecule has 0 saturated heterocycles. The Labute approximate surface area is 240 Å². The molecule has 0 radical (unpaired) electrons. The van der Waals surface area contributed by atoms with Crippen LogP contribution in [0.1, 0.15) is 37.4 Å². The molecule has 1 aliphatic heterocycles. The average Bonchev–Trinajstić information content (AvgIpc) is 3.49. The van der Waals surface area contributed by atoms with Crippen LogP contribution in [0.15, 0.2) is 84.1 Å². The Morgan fingerprint density at radius 1 is 1.07 bits per heavy atom. The molecular weight excluding hydrogens is 548 g/mol. The zero-order valence-corrected chi connectivity index (χ0v) is 23.5. The fraction of sp³-hybridized carbons (Fsp3) is 0.194. The quantitative estimate of drug-likeness (QED) is 0.200. The van der Waals surface area contributed by atoms with E-state index >= 15 is 0 Å². The summed E-state index contributed by atoms with van der Waals surface area (Å²) < 4.78 is 12.5. The summed E-state index contributed by atoms with van der Waals surface area (Å²) in [6.07, 6.45) is 3.84. The molecule has 1 N–H and O–H groups in total. The summed E-state index contributed by atoms with van der Waals surface area (Å²) in [5, 5.41) is 12.0. The zero-order valence-electron chi connectivity index (χ0n) is 22.0. The number of ether oxygens (including phenoxy) is 2. The van der Waals surface area contributed by atoms with Gasteiger partial charge in [-0.05, 0) is 60.9 Å². The van der Waals surface area contributed by atoms with E-state index in [1.54, 1.807) is 42.5 Å². The van der Waals surface area contributed by atoms with Crippen LogP contribution in [0.2, 0.25) is 5.02 Å². The molecule has 0 saturated carbocycles. The van der Waals surface area contributed by atoms with Crippen LogP contribution >= 0.6 is 22.9 Å². The SMILES string of the molecule is CCCOc1ccc(C2C(C(=O)C=Cc3ccccc3)=C(O)C(=O)N2c2nc3ccc(Cl)cc3s2)cc1OCC. The molecule has 1 amide bonds. The van der Waals surface area contributed by atoms with Crippen molar-refractivity contribution in [2.45, 2.75) is 26.3 Å². The average molecular weight is 575 g/mol. The number of allylic oxidation sites excluding steroid dienone is 1. The molecule has 0 fully saturated rings. The minimum absolute atomic E-state index is 0.0425. The van der Waals surface area contributed by atoms with Crippen LogP contribution in [-0.4, -0.2) is 35.0 Å². The van der Waals surface area contributed by atoms with Crippen LogP contribution in [0.25, 0.3) is 16.3 Å². The Hall–Kier alpha value is -4.14. The van der Waals surface area contributed by atoms with Gasteiger partial charge in [-0.15, -0.1) is 0 Å². The van der Waals surface area contributed by atoms with E-state index in [4.69, 9.17) is 21.1 Å². The molecular formula is C31H27ClN2O5S. The third kappa shape index (κ3) is 5.46. The Kier molecular flexibility index (Phi) is 8.19. The van der Waals surface area contributed by atoms with Crippen LogP contribution < -0.4 is 14.4 Å². The van der Waals surface area contributed by atoms with Crippen molar-refractivity contribution in [2.75, 3.05) is 18.1 Å². The van der Waals surface area contributed by atoms with Gasteiger partial charge in [0.2, 0.25) is 0 Å². The second-order valence-corrected chi connectivity index (χ2v) is 10.5. The van der Waals surface area contributed by atoms with Gasteiger partial charge in [0.25, 0.3) is 5.91 Å². The fourth-order valence-corrected chi connectivity index (χ4v) is 5.75. The third-order valence-electron chi connectivity index (χ3n) is 6.29. The molecule has 1 unspecified atom stereocenters. The number of aliphatic hydroxyl groups excluding tert-OH is 1. The monoisotopic (exact) mass is 574 g/mol. The van der Waals surface area contributed by atoms with E-state index < -0.39 is 23.5 Å². The number of aliphatic hydroxyl groups is 1. The Bertz CT molecular complexity index is 1630. The maximum Gasteiger partial charge on any atom is 0.296 e. The van der Waals surface area contributed by atoms with Gasteiger partial charge in [0.05, 0.1) is 35.0 Å². The van der Waals surface area contributed by atoms with Crippen molar-refractivity contribution in [3.05, 3.63) is 100 Å². The second-order valence-electron chi connectivity index (χ2n) is 9.04. The normalized spacial score (nSPS) is 15.4. The maximum atomic E-state index is 13.6. The van der Waals surface area contributed by atoms with E-state index in [0.29, 0.717) is 45.9 Å². The molecule has 0 bridgehead atoms. The van der Waals surface area contributed by atoms with E-state index in [1.165, 1.54) is 22.3 Å². The number of thiazole rings is 1. The lowest BCUT2D eigenvalue weighted by atomic mass is 9.95. The number of hydrogen-bond donors (Lipinski definition) is 1. The van der Waals surface area contributed by atoms with Crippen LogP contribution in [0.4, 0.5) is 5.13 Å². The number of halogens is 1. The van der Waals surface area contributed by atoms with Crippen molar-refractivity contribution >= 4 is 56.1 Å². The molecule has 5 rings (SSSR count). The summed E-state index contributed by atoms with van der Waals surface area (Å²) >= 11 is 7.44. The summed E-state index contributed by atoms with van der Waals surface area (Å²) in [6, 6.07) is 18.9. The first kappa shape index (κ1) is 27.4. The Balaban J connectivity index is 1.62. The molecule has 1 aliphatic rings. The molecule has 4 aromatic rings. The Morgan fingerprint density at radius 2 is 1.88 bits per heavy atom. The van der Waals surface area contributed by atoms with E-state index in [1.807, 2.05) is 44.2 Å². The topological polar surface area (TPSA) is 89.0 Å². The number of carbonyl (C=O) groups excluding carboxylic acids is 2. The highest BCUT2D eigenvalue weighted by Crippen LogP contribution is 2.45. The molecule has 7 nitrogen and oxygen atoms in total. The van der Waals surface area contributed by atoms with Crippen LogP contribution in [0.3, 0.4) is 0 Å². The number of amides is 1. The highest BCUT2D eigenvalue weighted by atomic mass is 35.5. The smallest absolute Gasteiger partial charge is 0.296 e. The first-order valence-corrected chi connectivity index (χ1v) is 14.1. The fourth-order valence-electron chi connectivity index (χ4n) is 4.48. The van der Waals surface area contributed by atoms with Gasteiger partial charge < -0.3 is 14.6 Å². The molecule has 9 heteroatoms. The van der Waals surface area contributed by atoms with E-state index in [2.05, 4.69) is 4.98 Å². The molecule has 0 spiro atoms. The van der Waals surface area contributed by atoms with Gasteiger partial charge in [-0.1, -0.05) is 72.3 Å². The van der Waals surface area contributed by atoms with Gasteiger partial charge in [-0.25, -0.2) is 4.98 Å². The number of rotatable bonds is 10. The summed E-state index contributed by atoms with van der Waals surface area (Å²) in [5.41, 5.74) is 1.99. The first-order valence-electron chi connectivity index (χ1n) is 12.9. The first-order chi connectivity index (χ1) is 19.4. The number of fused-ring (bicyclic) bond motifs is 1. The molecule has 40 heavy (non-hydrogen) atoms.